The van der Waals surface area contributed by atoms with Crippen molar-refractivity contribution in [3.05, 3.63) is 22.7 Å². The Morgan fingerprint density at radius 2 is 2.05 bits per heavy atom. The van der Waals surface area contributed by atoms with Crippen LogP contribution in [0.2, 0.25) is 0 Å². The number of nitrogens with one attached hydrogen (secondary N) is 2. The lowest BCUT2D eigenvalue weighted by molar-refractivity contribution is -0.125. The van der Waals surface area contributed by atoms with Gasteiger partial charge in [-0.3, -0.25) is 9.59 Å². The number of ether oxygens (including phenoxy) is 1. The highest BCUT2D eigenvalue weighted by Gasteiger charge is 2.18. The van der Waals surface area contributed by atoms with E-state index in [2.05, 4.69) is 26.6 Å². The standard InChI is InChI=1S/C15H22BrN3O3/c1-4-22-12-7-10(16)5-6-11(12)19-13(20)8-18-15(21)14(17)9(2)3/h5-7,9,14H,4,8,17H2,1-3H3,(H,18,21)(H,19,20)/t14-/m0/s1. The zero-order chi connectivity index (χ0) is 16.7. The number of nitrogens with two attached hydrogens (primary N) is 1. The normalized spacial score (nSPS) is 11.9. The second-order valence-corrected chi connectivity index (χ2v) is 6.02. The molecule has 0 saturated carbocycles. The number of halogens is 1. The van der Waals surface area contributed by atoms with E-state index < -0.39 is 6.04 Å². The molecule has 0 aliphatic rings. The summed E-state index contributed by atoms with van der Waals surface area (Å²) in [4.78, 5) is 23.6. The largest absolute Gasteiger partial charge is 0.492 e. The third-order valence-electron chi connectivity index (χ3n) is 2.96. The first-order valence-corrected chi connectivity index (χ1v) is 7.90. The summed E-state index contributed by atoms with van der Waals surface area (Å²) in [6, 6.07) is 4.67. The summed E-state index contributed by atoms with van der Waals surface area (Å²) in [6.45, 7) is 5.90. The van der Waals surface area contributed by atoms with E-state index in [1.165, 1.54) is 0 Å². The topological polar surface area (TPSA) is 93.5 Å². The number of carbonyl (C=O) groups is 2. The Balaban J connectivity index is 2.60. The van der Waals surface area contributed by atoms with Crippen LogP contribution in [0.5, 0.6) is 5.75 Å². The Bertz CT molecular complexity index is 535. The highest BCUT2D eigenvalue weighted by molar-refractivity contribution is 9.10. The molecule has 0 fully saturated rings. The van der Waals surface area contributed by atoms with Crippen molar-refractivity contribution in [2.75, 3.05) is 18.5 Å². The summed E-state index contributed by atoms with van der Waals surface area (Å²) in [7, 11) is 0. The average Bonchev–Trinajstić information content (AvgIpc) is 2.47. The van der Waals surface area contributed by atoms with Gasteiger partial charge in [0, 0.05) is 4.47 Å². The molecule has 0 heterocycles. The zero-order valence-corrected chi connectivity index (χ0v) is 14.6. The molecule has 0 radical (unpaired) electrons. The zero-order valence-electron chi connectivity index (χ0n) is 13.0. The number of rotatable bonds is 7. The van der Waals surface area contributed by atoms with Crippen molar-refractivity contribution in [3.8, 4) is 5.75 Å². The lowest BCUT2D eigenvalue weighted by Gasteiger charge is -2.16. The molecule has 22 heavy (non-hydrogen) atoms. The summed E-state index contributed by atoms with van der Waals surface area (Å²) >= 11 is 3.35. The second kappa shape index (κ2) is 8.75. The summed E-state index contributed by atoms with van der Waals surface area (Å²) < 4.78 is 6.31. The van der Waals surface area contributed by atoms with E-state index in [9.17, 15) is 9.59 Å². The number of benzene rings is 1. The molecule has 0 saturated heterocycles. The smallest absolute Gasteiger partial charge is 0.243 e. The molecule has 0 aromatic heterocycles. The van der Waals surface area contributed by atoms with Crippen LogP contribution in [0.15, 0.2) is 22.7 Å². The van der Waals surface area contributed by atoms with E-state index in [1.54, 1.807) is 18.2 Å². The summed E-state index contributed by atoms with van der Waals surface area (Å²) in [5.41, 5.74) is 6.26. The quantitative estimate of drug-likeness (QED) is 0.681. The van der Waals surface area contributed by atoms with Crippen LogP contribution >= 0.6 is 15.9 Å². The van der Waals surface area contributed by atoms with E-state index in [-0.39, 0.29) is 24.3 Å². The van der Waals surface area contributed by atoms with E-state index in [4.69, 9.17) is 10.5 Å². The molecule has 7 heteroatoms. The van der Waals surface area contributed by atoms with Gasteiger partial charge in [-0.05, 0) is 31.0 Å². The highest BCUT2D eigenvalue weighted by atomic mass is 79.9. The molecule has 0 spiro atoms. The van der Waals surface area contributed by atoms with Crippen molar-refractivity contribution < 1.29 is 14.3 Å². The average molecular weight is 372 g/mol. The van der Waals surface area contributed by atoms with Crippen LogP contribution in [0.1, 0.15) is 20.8 Å². The molecule has 0 aliphatic carbocycles. The van der Waals surface area contributed by atoms with E-state index in [0.29, 0.717) is 18.0 Å². The third kappa shape index (κ3) is 5.65. The maximum Gasteiger partial charge on any atom is 0.243 e. The van der Waals surface area contributed by atoms with Crippen LogP contribution in [-0.4, -0.2) is 31.0 Å². The van der Waals surface area contributed by atoms with Gasteiger partial charge < -0.3 is 21.1 Å². The summed E-state index contributed by atoms with van der Waals surface area (Å²) in [5.74, 6) is -0.104. The van der Waals surface area contributed by atoms with Crippen molar-refractivity contribution in [2.45, 2.75) is 26.8 Å². The van der Waals surface area contributed by atoms with Gasteiger partial charge in [0.1, 0.15) is 5.75 Å². The molecule has 0 unspecified atom stereocenters. The fourth-order valence-electron chi connectivity index (χ4n) is 1.66. The van der Waals surface area contributed by atoms with Gasteiger partial charge in [-0.2, -0.15) is 0 Å². The number of anilines is 1. The van der Waals surface area contributed by atoms with Crippen molar-refractivity contribution in [1.82, 2.24) is 5.32 Å². The number of hydrogen-bond acceptors (Lipinski definition) is 4. The Kier molecular flexibility index (Phi) is 7.34. The molecule has 2 amide bonds. The van der Waals surface area contributed by atoms with Crippen LogP contribution < -0.4 is 21.1 Å². The molecule has 1 atom stereocenters. The predicted molar refractivity (Wildman–Crippen MR) is 89.8 cm³/mol. The van der Waals surface area contributed by atoms with Gasteiger partial charge in [0.25, 0.3) is 0 Å². The molecule has 4 N–H and O–H groups in total. The predicted octanol–water partition coefficient (Wildman–Crippen LogP) is 1.89. The maximum absolute atomic E-state index is 11.9. The molecule has 1 aromatic carbocycles. The SMILES string of the molecule is CCOc1cc(Br)ccc1NC(=O)CNC(=O)[C@@H](N)C(C)C. The minimum atomic E-state index is -0.625. The summed E-state index contributed by atoms with van der Waals surface area (Å²) in [5, 5.41) is 5.23. The van der Waals surface area contributed by atoms with E-state index >= 15 is 0 Å². The minimum absolute atomic E-state index is 0.0130. The van der Waals surface area contributed by atoms with Gasteiger partial charge in [0.2, 0.25) is 11.8 Å². The molecule has 122 valence electrons. The van der Waals surface area contributed by atoms with Crippen LogP contribution in [0, 0.1) is 5.92 Å². The van der Waals surface area contributed by atoms with E-state index in [0.717, 1.165) is 4.47 Å². The Hall–Kier alpha value is -1.60. The lowest BCUT2D eigenvalue weighted by Crippen LogP contribution is -2.46. The van der Waals surface area contributed by atoms with Crippen LogP contribution in [0.4, 0.5) is 5.69 Å². The fourth-order valence-corrected chi connectivity index (χ4v) is 2.00. The van der Waals surface area contributed by atoms with Gasteiger partial charge in [0.05, 0.1) is 24.9 Å². The first kappa shape index (κ1) is 18.4. The maximum atomic E-state index is 11.9. The fraction of sp³-hybridized carbons (Fsp3) is 0.467. The van der Waals surface area contributed by atoms with Crippen LogP contribution in [-0.2, 0) is 9.59 Å². The molecular formula is C15H22BrN3O3. The van der Waals surface area contributed by atoms with Crippen molar-refractivity contribution in [3.63, 3.8) is 0 Å². The minimum Gasteiger partial charge on any atom is -0.492 e. The lowest BCUT2D eigenvalue weighted by atomic mass is 10.1. The number of carbonyl (C=O) groups excluding carboxylic acids is 2. The molecule has 1 aromatic rings. The van der Waals surface area contributed by atoms with Crippen LogP contribution in [0.3, 0.4) is 0 Å². The Labute approximate surface area is 138 Å². The van der Waals surface area contributed by atoms with Gasteiger partial charge >= 0.3 is 0 Å². The van der Waals surface area contributed by atoms with E-state index in [1.807, 2.05) is 20.8 Å². The van der Waals surface area contributed by atoms with Gasteiger partial charge in [-0.25, -0.2) is 0 Å². The number of amides is 2. The molecular weight excluding hydrogens is 350 g/mol. The first-order valence-electron chi connectivity index (χ1n) is 7.10. The molecule has 0 aliphatic heterocycles. The van der Waals surface area contributed by atoms with Gasteiger partial charge in [0.15, 0.2) is 0 Å². The van der Waals surface area contributed by atoms with Crippen LogP contribution in [0.25, 0.3) is 0 Å². The van der Waals surface area contributed by atoms with Crippen molar-refractivity contribution in [1.29, 1.82) is 0 Å². The molecule has 1 rings (SSSR count). The van der Waals surface area contributed by atoms with Gasteiger partial charge in [-0.15, -0.1) is 0 Å². The number of hydrogen-bond donors (Lipinski definition) is 3. The Morgan fingerprint density at radius 3 is 2.64 bits per heavy atom. The molecule has 6 nitrogen and oxygen atoms in total. The second-order valence-electron chi connectivity index (χ2n) is 5.11. The highest BCUT2D eigenvalue weighted by Crippen LogP contribution is 2.28. The van der Waals surface area contributed by atoms with Gasteiger partial charge in [-0.1, -0.05) is 29.8 Å². The molecule has 0 bridgehead atoms. The van der Waals surface area contributed by atoms with Crippen molar-refractivity contribution in [2.24, 2.45) is 11.7 Å². The monoisotopic (exact) mass is 371 g/mol. The third-order valence-corrected chi connectivity index (χ3v) is 3.45. The Morgan fingerprint density at radius 1 is 1.36 bits per heavy atom. The summed E-state index contributed by atoms with van der Waals surface area (Å²) in [6.07, 6.45) is 0. The first-order chi connectivity index (χ1) is 10.3. The van der Waals surface area contributed by atoms with Crippen molar-refractivity contribution >= 4 is 33.4 Å².